The number of carboxylic acid groups (broad SMARTS) is 1. The van der Waals surface area contributed by atoms with Crippen molar-refractivity contribution in [1.29, 1.82) is 0 Å². The summed E-state index contributed by atoms with van der Waals surface area (Å²) in [5, 5.41) is 8.88. The van der Waals surface area contributed by atoms with Gasteiger partial charge in [-0.15, -0.1) is 13.2 Å². The Morgan fingerprint density at radius 1 is 1.21 bits per heavy atom. The number of rotatable bonds is 5. The van der Waals surface area contributed by atoms with Gasteiger partial charge >= 0.3 is 12.3 Å². The quantitative estimate of drug-likeness (QED) is 0.897. The lowest BCUT2D eigenvalue weighted by Gasteiger charge is -2.15. The van der Waals surface area contributed by atoms with Gasteiger partial charge in [-0.3, -0.25) is 0 Å². The van der Waals surface area contributed by atoms with E-state index in [0.717, 1.165) is 19.2 Å². The molecule has 1 atom stereocenters. The highest BCUT2D eigenvalue weighted by molar-refractivity contribution is 5.74. The van der Waals surface area contributed by atoms with Crippen LogP contribution in [-0.4, -0.2) is 31.7 Å². The fourth-order valence-electron chi connectivity index (χ4n) is 1.44. The lowest BCUT2D eigenvalue weighted by molar-refractivity contribution is -0.274. The predicted molar refractivity (Wildman–Crippen MR) is 57.1 cm³/mol. The van der Waals surface area contributed by atoms with Crippen LogP contribution in [0.2, 0.25) is 0 Å². The monoisotopic (exact) mass is 280 g/mol. The average molecular weight is 280 g/mol. The molecule has 19 heavy (non-hydrogen) atoms. The van der Waals surface area contributed by atoms with E-state index in [1.54, 1.807) is 0 Å². The zero-order valence-electron chi connectivity index (χ0n) is 10.0. The summed E-state index contributed by atoms with van der Waals surface area (Å²) in [4.78, 5) is 10.9. The standard InChI is InChI=1S/C11H11F3O5/c1-17-7-3-6(9(18-2)10(15)16)4-8(5-7)19-11(12,13)14/h3-5,9H,1-2H3,(H,15,16). The molecule has 0 bridgehead atoms. The maximum Gasteiger partial charge on any atom is 0.573 e. The minimum absolute atomic E-state index is 0.0198. The first kappa shape index (κ1) is 15.1. The molecule has 1 N–H and O–H groups in total. The fourth-order valence-corrected chi connectivity index (χ4v) is 1.44. The maximum atomic E-state index is 12.1. The van der Waals surface area contributed by atoms with Crippen LogP contribution in [0.5, 0.6) is 11.5 Å². The molecule has 0 radical (unpaired) electrons. The summed E-state index contributed by atoms with van der Waals surface area (Å²) in [6.07, 6.45) is -6.29. The van der Waals surface area contributed by atoms with Gasteiger partial charge in [-0.05, 0) is 17.7 Å². The highest BCUT2D eigenvalue weighted by Gasteiger charge is 2.32. The van der Waals surface area contributed by atoms with E-state index < -0.39 is 24.2 Å². The summed E-state index contributed by atoms with van der Waals surface area (Å²) < 4.78 is 49.6. The second-order valence-corrected chi connectivity index (χ2v) is 3.44. The molecule has 0 saturated heterocycles. The van der Waals surface area contributed by atoms with Gasteiger partial charge in [-0.25, -0.2) is 4.79 Å². The van der Waals surface area contributed by atoms with Gasteiger partial charge in [0.25, 0.3) is 0 Å². The third kappa shape index (κ3) is 4.32. The van der Waals surface area contributed by atoms with Crippen LogP contribution in [0.3, 0.4) is 0 Å². The van der Waals surface area contributed by atoms with Crippen molar-refractivity contribution < 1.29 is 37.3 Å². The Kier molecular flexibility index (Phi) is 4.60. The molecule has 0 saturated carbocycles. The van der Waals surface area contributed by atoms with Crippen molar-refractivity contribution in [2.75, 3.05) is 14.2 Å². The molecule has 1 aromatic rings. The summed E-state index contributed by atoms with van der Waals surface area (Å²) in [7, 11) is 2.36. The molecule has 0 spiro atoms. The van der Waals surface area contributed by atoms with E-state index in [0.29, 0.717) is 0 Å². The number of carbonyl (C=O) groups is 1. The van der Waals surface area contributed by atoms with Crippen LogP contribution in [0.15, 0.2) is 18.2 Å². The number of hydrogen-bond acceptors (Lipinski definition) is 4. The van der Waals surface area contributed by atoms with Crippen molar-refractivity contribution >= 4 is 5.97 Å². The molecule has 0 heterocycles. The van der Waals surface area contributed by atoms with Crippen molar-refractivity contribution in [3.8, 4) is 11.5 Å². The normalized spacial score (nSPS) is 12.9. The minimum atomic E-state index is -4.88. The minimum Gasteiger partial charge on any atom is -0.497 e. The molecule has 1 aromatic carbocycles. The first-order valence-electron chi connectivity index (χ1n) is 4.97. The summed E-state index contributed by atoms with van der Waals surface area (Å²) in [6, 6.07) is 3.18. The van der Waals surface area contributed by atoms with Gasteiger partial charge in [0.2, 0.25) is 0 Å². The average Bonchev–Trinajstić information content (AvgIpc) is 2.26. The Bertz CT molecular complexity index is 458. The first-order valence-corrected chi connectivity index (χ1v) is 4.97. The number of carboxylic acids is 1. The highest BCUT2D eigenvalue weighted by Crippen LogP contribution is 2.31. The third-order valence-electron chi connectivity index (χ3n) is 2.13. The van der Waals surface area contributed by atoms with Crippen LogP contribution in [0, 0.1) is 0 Å². The summed E-state index contributed by atoms with van der Waals surface area (Å²) in [5.74, 6) is -1.89. The van der Waals surface area contributed by atoms with Gasteiger partial charge in [0.15, 0.2) is 6.10 Å². The van der Waals surface area contributed by atoms with Crippen molar-refractivity contribution in [3.05, 3.63) is 23.8 Å². The zero-order valence-corrected chi connectivity index (χ0v) is 10.0. The van der Waals surface area contributed by atoms with Gasteiger partial charge in [-0.2, -0.15) is 0 Å². The zero-order chi connectivity index (χ0) is 14.6. The number of aliphatic carboxylic acids is 1. The largest absolute Gasteiger partial charge is 0.573 e. The Balaban J connectivity index is 3.18. The number of benzene rings is 1. The van der Waals surface area contributed by atoms with Crippen molar-refractivity contribution in [3.63, 3.8) is 0 Å². The van der Waals surface area contributed by atoms with Gasteiger partial charge in [0.1, 0.15) is 11.5 Å². The molecule has 0 amide bonds. The molecule has 0 aliphatic carbocycles. The number of ether oxygens (including phenoxy) is 3. The van der Waals surface area contributed by atoms with E-state index in [-0.39, 0.29) is 11.3 Å². The third-order valence-corrected chi connectivity index (χ3v) is 2.13. The number of alkyl halides is 3. The number of hydrogen-bond donors (Lipinski definition) is 1. The lowest BCUT2D eigenvalue weighted by atomic mass is 10.1. The Morgan fingerprint density at radius 3 is 2.21 bits per heavy atom. The molecule has 5 nitrogen and oxygen atoms in total. The molecule has 1 rings (SSSR count). The van der Waals surface area contributed by atoms with Gasteiger partial charge in [0, 0.05) is 13.2 Å². The van der Waals surface area contributed by atoms with Crippen LogP contribution >= 0.6 is 0 Å². The van der Waals surface area contributed by atoms with E-state index in [1.807, 2.05) is 0 Å². The summed E-state index contributed by atoms with van der Waals surface area (Å²) >= 11 is 0. The maximum absolute atomic E-state index is 12.1. The number of methoxy groups -OCH3 is 2. The molecule has 1 unspecified atom stereocenters. The Hall–Kier alpha value is -1.96. The lowest BCUT2D eigenvalue weighted by Crippen LogP contribution is -2.18. The van der Waals surface area contributed by atoms with Crippen molar-refractivity contribution in [1.82, 2.24) is 0 Å². The van der Waals surface area contributed by atoms with Crippen LogP contribution < -0.4 is 9.47 Å². The topological polar surface area (TPSA) is 65.0 Å². The second kappa shape index (κ2) is 5.79. The smallest absolute Gasteiger partial charge is 0.497 e. The van der Waals surface area contributed by atoms with E-state index >= 15 is 0 Å². The van der Waals surface area contributed by atoms with Crippen LogP contribution in [0.1, 0.15) is 11.7 Å². The molecular weight excluding hydrogens is 269 g/mol. The molecular formula is C11H11F3O5. The molecule has 8 heteroatoms. The molecule has 0 aromatic heterocycles. The summed E-state index contributed by atoms with van der Waals surface area (Å²) in [5.41, 5.74) is -0.0198. The van der Waals surface area contributed by atoms with Crippen LogP contribution in [0.25, 0.3) is 0 Å². The van der Waals surface area contributed by atoms with Gasteiger partial charge in [-0.1, -0.05) is 0 Å². The van der Waals surface area contributed by atoms with E-state index in [1.165, 1.54) is 13.2 Å². The number of halogens is 3. The van der Waals surface area contributed by atoms with E-state index in [2.05, 4.69) is 4.74 Å². The second-order valence-electron chi connectivity index (χ2n) is 3.44. The van der Waals surface area contributed by atoms with Gasteiger partial charge < -0.3 is 19.3 Å². The van der Waals surface area contributed by atoms with Crippen molar-refractivity contribution in [2.45, 2.75) is 12.5 Å². The predicted octanol–water partition coefficient (Wildman–Crippen LogP) is 2.37. The van der Waals surface area contributed by atoms with Gasteiger partial charge in [0.05, 0.1) is 7.11 Å². The molecule has 106 valence electrons. The first-order chi connectivity index (χ1) is 8.76. The highest BCUT2D eigenvalue weighted by atomic mass is 19.4. The fraction of sp³-hybridized carbons (Fsp3) is 0.364. The molecule has 0 aliphatic rings. The SMILES string of the molecule is COc1cc(OC(F)(F)F)cc(C(OC)C(=O)O)c1. The van der Waals surface area contributed by atoms with E-state index in [9.17, 15) is 18.0 Å². The summed E-state index contributed by atoms with van der Waals surface area (Å²) in [6.45, 7) is 0. The molecule has 0 aliphatic heterocycles. The van der Waals surface area contributed by atoms with E-state index in [4.69, 9.17) is 14.6 Å². The van der Waals surface area contributed by atoms with Crippen molar-refractivity contribution in [2.24, 2.45) is 0 Å². The van der Waals surface area contributed by atoms with Crippen LogP contribution in [0.4, 0.5) is 13.2 Å². The Labute approximate surface area is 106 Å². The molecule has 0 fully saturated rings. The Morgan fingerprint density at radius 2 is 1.79 bits per heavy atom. The van der Waals surface area contributed by atoms with Crippen LogP contribution in [-0.2, 0) is 9.53 Å².